The highest BCUT2D eigenvalue weighted by Crippen LogP contribution is 2.36. The van der Waals surface area contributed by atoms with Gasteiger partial charge in [-0.1, -0.05) is 0 Å². The van der Waals surface area contributed by atoms with Crippen LogP contribution in [0.2, 0.25) is 0 Å². The Morgan fingerprint density at radius 2 is 2.00 bits per heavy atom. The molecule has 8 heteroatoms. The Hall–Kier alpha value is -1.38. The molecular formula is C15H23N3O4S. The van der Waals surface area contributed by atoms with E-state index >= 15 is 0 Å². The highest BCUT2D eigenvalue weighted by atomic mass is 32.2. The monoisotopic (exact) mass is 341 g/mol. The van der Waals surface area contributed by atoms with Gasteiger partial charge in [-0.2, -0.15) is 17.0 Å². The van der Waals surface area contributed by atoms with Crippen LogP contribution in [-0.4, -0.2) is 42.6 Å². The van der Waals surface area contributed by atoms with Gasteiger partial charge < -0.3 is 10.2 Å². The Morgan fingerprint density at radius 1 is 1.26 bits per heavy atom. The van der Waals surface area contributed by atoms with Crippen LogP contribution in [0.4, 0.5) is 0 Å². The number of carbonyl (C=O) groups is 1. The van der Waals surface area contributed by atoms with E-state index in [1.54, 1.807) is 0 Å². The number of nitrogens with two attached hydrogens (primary N) is 1. The van der Waals surface area contributed by atoms with Gasteiger partial charge in [-0.25, -0.2) is 0 Å². The Bertz CT molecular complexity index is 685. The molecule has 0 unspecified atom stereocenters. The Morgan fingerprint density at radius 3 is 2.65 bits per heavy atom. The first-order valence-corrected chi connectivity index (χ1v) is 9.42. The van der Waals surface area contributed by atoms with Crippen molar-refractivity contribution in [2.24, 2.45) is 11.7 Å². The number of piperidine rings is 1. The molecule has 0 bridgehead atoms. The van der Waals surface area contributed by atoms with Gasteiger partial charge in [0, 0.05) is 19.6 Å². The summed E-state index contributed by atoms with van der Waals surface area (Å²) in [5, 5.41) is 0. The van der Waals surface area contributed by atoms with Crippen molar-refractivity contribution in [2.45, 2.75) is 38.6 Å². The third-order valence-corrected chi connectivity index (χ3v) is 6.72. The Kier molecular flexibility index (Phi) is 4.48. The first kappa shape index (κ1) is 16.5. The lowest BCUT2D eigenvalue weighted by Gasteiger charge is -2.34. The SMILES string of the molecule is Cc1ccc([C@@H]2CCCN2S(=O)(=O)N2CCC[C@H](C(N)=O)C2)o1. The van der Waals surface area contributed by atoms with Gasteiger partial charge in [0.25, 0.3) is 10.2 Å². The van der Waals surface area contributed by atoms with Gasteiger partial charge in [-0.3, -0.25) is 4.79 Å². The number of amides is 1. The molecule has 2 saturated heterocycles. The van der Waals surface area contributed by atoms with Crippen LogP contribution in [0.25, 0.3) is 0 Å². The van der Waals surface area contributed by atoms with Crippen molar-refractivity contribution in [1.82, 2.24) is 8.61 Å². The van der Waals surface area contributed by atoms with Crippen molar-refractivity contribution in [3.8, 4) is 0 Å². The first-order valence-electron chi connectivity index (χ1n) is 8.02. The van der Waals surface area contributed by atoms with E-state index in [4.69, 9.17) is 10.2 Å². The Labute approximate surface area is 136 Å². The molecule has 128 valence electrons. The molecule has 0 aliphatic carbocycles. The standard InChI is InChI=1S/C15H23N3O4S/c1-11-6-7-14(22-11)13-5-3-9-18(13)23(20,21)17-8-2-4-12(10-17)15(16)19/h6-7,12-13H,2-5,8-10H2,1H3,(H2,16,19)/t12-,13-/m0/s1. The van der Waals surface area contributed by atoms with Gasteiger partial charge in [0.2, 0.25) is 5.91 Å². The first-order chi connectivity index (χ1) is 10.9. The van der Waals surface area contributed by atoms with Gasteiger partial charge in [0.05, 0.1) is 12.0 Å². The van der Waals surface area contributed by atoms with Crippen molar-refractivity contribution in [3.05, 3.63) is 23.7 Å². The van der Waals surface area contributed by atoms with E-state index in [1.807, 2.05) is 19.1 Å². The average molecular weight is 341 g/mol. The summed E-state index contributed by atoms with van der Waals surface area (Å²) in [6.45, 7) is 2.94. The van der Waals surface area contributed by atoms with Crippen LogP contribution < -0.4 is 5.73 Å². The summed E-state index contributed by atoms with van der Waals surface area (Å²) >= 11 is 0. The van der Waals surface area contributed by atoms with Crippen molar-refractivity contribution in [1.29, 1.82) is 0 Å². The highest BCUT2D eigenvalue weighted by Gasteiger charge is 2.42. The maximum atomic E-state index is 13.0. The minimum absolute atomic E-state index is 0.179. The number of furan rings is 1. The van der Waals surface area contributed by atoms with Crippen molar-refractivity contribution < 1.29 is 17.6 Å². The molecule has 7 nitrogen and oxygen atoms in total. The number of nitrogens with zero attached hydrogens (tertiary/aromatic N) is 2. The molecule has 2 fully saturated rings. The molecule has 3 heterocycles. The van der Waals surface area contributed by atoms with Gasteiger partial charge in [-0.05, 0) is 44.7 Å². The zero-order valence-electron chi connectivity index (χ0n) is 13.3. The van der Waals surface area contributed by atoms with Crippen LogP contribution in [0.1, 0.15) is 43.2 Å². The number of hydrogen-bond donors (Lipinski definition) is 1. The summed E-state index contributed by atoms with van der Waals surface area (Å²) in [7, 11) is -3.62. The van der Waals surface area contributed by atoms with Crippen molar-refractivity contribution in [2.75, 3.05) is 19.6 Å². The van der Waals surface area contributed by atoms with Crippen molar-refractivity contribution >= 4 is 16.1 Å². The predicted molar refractivity (Wildman–Crippen MR) is 84.5 cm³/mol. The molecule has 0 aromatic carbocycles. The fourth-order valence-electron chi connectivity index (χ4n) is 3.47. The summed E-state index contributed by atoms with van der Waals surface area (Å²) in [6, 6.07) is 3.43. The van der Waals surface area contributed by atoms with Gasteiger partial charge in [0.15, 0.2) is 0 Å². The topological polar surface area (TPSA) is 96.9 Å². The second-order valence-electron chi connectivity index (χ2n) is 6.32. The molecule has 23 heavy (non-hydrogen) atoms. The molecule has 0 spiro atoms. The number of aryl methyl sites for hydroxylation is 1. The molecule has 1 aromatic heterocycles. The Balaban J connectivity index is 1.82. The summed E-state index contributed by atoms with van der Waals surface area (Å²) in [6.07, 6.45) is 2.86. The molecule has 2 N–H and O–H groups in total. The number of carbonyl (C=O) groups excluding carboxylic acids is 1. The second-order valence-corrected chi connectivity index (χ2v) is 8.21. The van der Waals surface area contributed by atoms with E-state index in [1.165, 1.54) is 8.61 Å². The van der Waals surface area contributed by atoms with Gasteiger partial charge in [0.1, 0.15) is 11.5 Å². The second kappa shape index (κ2) is 6.26. The van der Waals surface area contributed by atoms with Gasteiger partial charge >= 0.3 is 0 Å². The van der Waals surface area contributed by atoms with E-state index in [2.05, 4.69) is 0 Å². The molecule has 2 aliphatic rings. The normalized spacial score (nSPS) is 27.3. The minimum atomic E-state index is -3.62. The van der Waals surface area contributed by atoms with Crippen LogP contribution in [0.3, 0.4) is 0 Å². The molecule has 1 amide bonds. The van der Waals surface area contributed by atoms with E-state index < -0.39 is 22.0 Å². The average Bonchev–Trinajstić information content (AvgIpc) is 3.16. The zero-order chi connectivity index (χ0) is 16.6. The summed E-state index contributed by atoms with van der Waals surface area (Å²) in [5.41, 5.74) is 5.36. The van der Waals surface area contributed by atoms with Crippen LogP contribution in [0, 0.1) is 12.8 Å². The molecule has 2 atom stereocenters. The lowest BCUT2D eigenvalue weighted by Crippen LogP contribution is -2.49. The van der Waals surface area contributed by atoms with Crippen LogP contribution in [0.15, 0.2) is 16.5 Å². The van der Waals surface area contributed by atoms with Crippen molar-refractivity contribution in [3.63, 3.8) is 0 Å². The zero-order valence-corrected chi connectivity index (χ0v) is 14.1. The van der Waals surface area contributed by atoms with Gasteiger partial charge in [-0.15, -0.1) is 0 Å². The quantitative estimate of drug-likeness (QED) is 0.889. The predicted octanol–water partition coefficient (Wildman–Crippen LogP) is 1.17. The molecular weight excluding hydrogens is 318 g/mol. The number of rotatable bonds is 4. The minimum Gasteiger partial charge on any atom is -0.465 e. The van der Waals surface area contributed by atoms with E-state index in [-0.39, 0.29) is 12.6 Å². The van der Waals surface area contributed by atoms with E-state index in [0.717, 1.165) is 18.6 Å². The third kappa shape index (κ3) is 3.15. The van der Waals surface area contributed by atoms with E-state index in [9.17, 15) is 13.2 Å². The van der Waals surface area contributed by atoms with E-state index in [0.29, 0.717) is 31.7 Å². The summed E-state index contributed by atoms with van der Waals surface area (Å²) in [5.74, 6) is 0.637. The molecule has 1 aromatic rings. The number of primary amides is 1. The summed E-state index contributed by atoms with van der Waals surface area (Å²) < 4.78 is 34.6. The molecule has 3 rings (SSSR count). The maximum Gasteiger partial charge on any atom is 0.282 e. The van der Waals surface area contributed by atoms with Crippen LogP contribution in [-0.2, 0) is 15.0 Å². The third-order valence-electron chi connectivity index (χ3n) is 4.70. The van der Waals surface area contributed by atoms with Crippen LogP contribution in [0.5, 0.6) is 0 Å². The smallest absolute Gasteiger partial charge is 0.282 e. The largest absolute Gasteiger partial charge is 0.465 e. The number of hydrogen-bond acceptors (Lipinski definition) is 4. The molecule has 2 aliphatic heterocycles. The molecule has 0 saturated carbocycles. The lowest BCUT2D eigenvalue weighted by molar-refractivity contribution is -0.122. The lowest BCUT2D eigenvalue weighted by atomic mass is 9.99. The fourth-order valence-corrected chi connectivity index (χ4v) is 5.38. The summed E-state index contributed by atoms with van der Waals surface area (Å²) in [4.78, 5) is 11.4. The van der Waals surface area contributed by atoms with Crippen LogP contribution >= 0.6 is 0 Å². The highest BCUT2D eigenvalue weighted by molar-refractivity contribution is 7.86. The maximum absolute atomic E-state index is 13.0. The molecule has 0 radical (unpaired) electrons. The fraction of sp³-hybridized carbons (Fsp3) is 0.667.